The van der Waals surface area contributed by atoms with Gasteiger partial charge in [-0.2, -0.15) is 0 Å². The second-order valence-corrected chi connectivity index (χ2v) is 3.88. The number of anilines is 1. The highest BCUT2D eigenvalue weighted by atomic mass is 15.0. The minimum Gasteiger partial charge on any atom is -0.368 e. The van der Waals surface area contributed by atoms with Crippen molar-refractivity contribution in [1.82, 2.24) is 15.3 Å². The number of likely N-dealkylation sites (N-methyl/N-ethyl adjacent to an activating group) is 1. The molecule has 0 saturated heterocycles. The average molecular weight is 206 g/mol. The van der Waals surface area contributed by atoms with Gasteiger partial charge in [-0.1, -0.05) is 0 Å². The first-order valence-corrected chi connectivity index (χ1v) is 5.63. The minimum absolute atomic E-state index is 0.917. The monoisotopic (exact) mass is 206 g/mol. The molecule has 0 radical (unpaired) electrons. The van der Waals surface area contributed by atoms with Crippen molar-refractivity contribution in [3.05, 3.63) is 17.6 Å². The van der Waals surface area contributed by atoms with Crippen molar-refractivity contribution >= 4 is 5.82 Å². The van der Waals surface area contributed by atoms with Crippen LogP contribution in [0.1, 0.15) is 24.1 Å². The molecule has 0 spiro atoms. The average Bonchev–Trinajstić information content (AvgIpc) is 2.30. The topological polar surface area (TPSA) is 49.8 Å². The summed E-state index contributed by atoms with van der Waals surface area (Å²) in [4.78, 5) is 8.66. The van der Waals surface area contributed by atoms with E-state index in [0.717, 1.165) is 31.7 Å². The first kappa shape index (κ1) is 10.4. The molecule has 0 saturated carbocycles. The molecule has 1 aromatic rings. The van der Waals surface area contributed by atoms with Crippen molar-refractivity contribution in [1.29, 1.82) is 0 Å². The van der Waals surface area contributed by atoms with Gasteiger partial charge in [0.2, 0.25) is 0 Å². The van der Waals surface area contributed by atoms with Gasteiger partial charge in [0.1, 0.15) is 12.1 Å². The normalized spacial score (nSPS) is 14.7. The number of hydrogen-bond acceptors (Lipinski definition) is 4. The quantitative estimate of drug-likeness (QED) is 0.721. The predicted octanol–water partition coefficient (Wildman–Crippen LogP) is 0.987. The fraction of sp³-hybridized carbons (Fsp3) is 0.636. The summed E-state index contributed by atoms with van der Waals surface area (Å²) >= 11 is 0. The van der Waals surface area contributed by atoms with E-state index in [0.29, 0.717) is 0 Å². The third-order valence-corrected chi connectivity index (χ3v) is 2.79. The van der Waals surface area contributed by atoms with Crippen LogP contribution in [0.4, 0.5) is 5.82 Å². The molecule has 2 N–H and O–H groups in total. The van der Waals surface area contributed by atoms with E-state index in [-0.39, 0.29) is 0 Å². The van der Waals surface area contributed by atoms with Crippen LogP contribution in [-0.4, -0.2) is 30.1 Å². The summed E-state index contributed by atoms with van der Waals surface area (Å²) in [6, 6.07) is 0. The van der Waals surface area contributed by atoms with Gasteiger partial charge in [-0.05, 0) is 32.7 Å². The SMILES string of the molecule is CNCCNc1ncnc2c1CCCC2. The smallest absolute Gasteiger partial charge is 0.132 e. The summed E-state index contributed by atoms with van der Waals surface area (Å²) in [5, 5.41) is 6.47. The fourth-order valence-corrected chi connectivity index (χ4v) is 1.98. The Morgan fingerprint density at radius 3 is 2.93 bits per heavy atom. The lowest BCUT2D eigenvalue weighted by atomic mass is 9.96. The first-order chi connectivity index (χ1) is 7.42. The van der Waals surface area contributed by atoms with Crippen LogP contribution in [0.3, 0.4) is 0 Å². The van der Waals surface area contributed by atoms with Crippen LogP contribution in [-0.2, 0) is 12.8 Å². The van der Waals surface area contributed by atoms with Gasteiger partial charge in [0.15, 0.2) is 0 Å². The Bertz CT molecular complexity index is 324. The van der Waals surface area contributed by atoms with Crippen molar-refractivity contribution in [2.24, 2.45) is 0 Å². The molecule has 1 aromatic heterocycles. The molecule has 0 aromatic carbocycles. The molecule has 0 amide bonds. The second-order valence-electron chi connectivity index (χ2n) is 3.88. The Morgan fingerprint density at radius 1 is 1.20 bits per heavy atom. The summed E-state index contributed by atoms with van der Waals surface area (Å²) < 4.78 is 0. The highest BCUT2D eigenvalue weighted by Gasteiger charge is 2.14. The highest BCUT2D eigenvalue weighted by Crippen LogP contribution is 2.23. The van der Waals surface area contributed by atoms with E-state index in [1.165, 1.54) is 24.1 Å². The van der Waals surface area contributed by atoms with Gasteiger partial charge in [0.25, 0.3) is 0 Å². The molecule has 0 unspecified atom stereocenters. The van der Waals surface area contributed by atoms with Crippen LogP contribution in [0.15, 0.2) is 6.33 Å². The molecule has 0 fully saturated rings. The van der Waals surface area contributed by atoms with Crippen LogP contribution in [0.5, 0.6) is 0 Å². The molecule has 0 aliphatic heterocycles. The second kappa shape index (κ2) is 5.07. The van der Waals surface area contributed by atoms with Gasteiger partial charge in [-0.15, -0.1) is 0 Å². The van der Waals surface area contributed by atoms with Crippen LogP contribution >= 0.6 is 0 Å². The molecular weight excluding hydrogens is 188 g/mol. The Labute approximate surface area is 90.5 Å². The van der Waals surface area contributed by atoms with Crippen molar-refractivity contribution in [3.63, 3.8) is 0 Å². The molecular formula is C11H18N4. The van der Waals surface area contributed by atoms with Crippen molar-refractivity contribution in [2.75, 3.05) is 25.5 Å². The van der Waals surface area contributed by atoms with Crippen molar-refractivity contribution in [2.45, 2.75) is 25.7 Å². The zero-order valence-electron chi connectivity index (χ0n) is 9.21. The Morgan fingerprint density at radius 2 is 2.07 bits per heavy atom. The molecule has 1 heterocycles. The van der Waals surface area contributed by atoms with Crippen LogP contribution in [0.25, 0.3) is 0 Å². The fourth-order valence-electron chi connectivity index (χ4n) is 1.98. The van der Waals surface area contributed by atoms with Crippen LogP contribution in [0, 0.1) is 0 Å². The highest BCUT2D eigenvalue weighted by molar-refractivity contribution is 5.46. The molecule has 1 aliphatic rings. The van der Waals surface area contributed by atoms with Gasteiger partial charge >= 0.3 is 0 Å². The maximum atomic E-state index is 4.34. The third kappa shape index (κ3) is 2.45. The lowest BCUT2D eigenvalue weighted by molar-refractivity contribution is 0.662. The lowest BCUT2D eigenvalue weighted by Crippen LogP contribution is -2.20. The number of aromatic nitrogens is 2. The summed E-state index contributed by atoms with van der Waals surface area (Å²) in [7, 11) is 1.96. The third-order valence-electron chi connectivity index (χ3n) is 2.79. The summed E-state index contributed by atoms with van der Waals surface area (Å²) in [6.07, 6.45) is 6.43. The maximum absolute atomic E-state index is 4.34. The number of hydrogen-bond donors (Lipinski definition) is 2. The molecule has 2 rings (SSSR count). The van der Waals surface area contributed by atoms with Crippen LogP contribution in [0.2, 0.25) is 0 Å². The van der Waals surface area contributed by atoms with Crippen molar-refractivity contribution < 1.29 is 0 Å². The largest absolute Gasteiger partial charge is 0.368 e. The van der Waals surface area contributed by atoms with Gasteiger partial charge in [0, 0.05) is 24.3 Å². The molecule has 15 heavy (non-hydrogen) atoms. The summed E-state index contributed by atoms with van der Waals surface area (Å²) in [5.41, 5.74) is 2.57. The van der Waals surface area contributed by atoms with E-state index in [9.17, 15) is 0 Å². The van der Waals surface area contributed by atoms with E-state index in [1.54, 1.807) is 6.33 Å². The van der Waals surface area contributed by atoms with E-state index in [4.69, 9.17) is 0 Å². The zero-order chi connectivity index (χ0) is 10.5. The van der Waals surface area contributed by atoms with Crippen LogP contribution < -0.4 is 10.6 Å². The standard InChI is InChI=1S/C11H18N4/c1-12-6-7-13-11-9-4-2-3-5-10(9)14-8-15-11/h8,12H,2-7H2,1H3,(H,13,14,15). The summed E-state index contributed by atoms with van der Waals surface area (Å²) in [5.74, 6) is 1.04. The number of fused-ring (bicyclic) bond motifs is 1. The first-order valence-electron chi connectivity index (χ1n) is 5.63. The van der Waals surface area contributed by atoms with E-state index in [2.05, 4.69) is 20.6 Å². The van der Waals surface area contributed by atoms with E-state index in [1.807, 2.05) is 7.05 Å². The number of rotatable bonds is 4. The zero-order valence-corrected chi connectivity index (χ0v) is 9.21. The Hall–Kier alpha value is -1.16. The molecule has 1 aliphatic carbocycles. The number of aryl methyl sites for hydroxylation is 1. The number of nitrogens with zero attached hydrogens (tertiary/aromatic N) is 2. The molecule has 82 valence electrons. The van der Waals surface area contributed by atoms with Crippen molar-refractivity contribution in [3.8, 4) is 0 Å². The predicted molar refractivity (Wildman–Crippen MR) is 61.1 cm³/mol. The molecule has 0 bridgehead atoms. The van der Waals surface area contributed by atoms with Gasteiger partial charge in [-0.3, -0.25) is 0 Å². The van der Waals surface area contributed by atoms with Gasteiger partial charge in [-0.25, -0.2) is 9.97 Å². The molecule has 4 nitrogen and oxygen atoms in total. The van der Waals surface area contributed by atoms with E-state index >= 15 is 0 Å². The number of nitrogens with one attached hydrogen (secondary N) is 2. The Balaban J connectivity index is 2.09. The summed E-state index contributed by atoms with van der Waals surface area (Å²) in [6.45, 7) is 1.87. The maximum Gasteiger partial charge on any atom is 0.132 e. The van der Waals surface area contributed by atoms with Gasteiger partial charge < -0.3 is 10.6 Å². The van der Waals surface area contributed by atoms with Gasteiger partial charge in [0.05, 0.1) is 0 Å². The van der Waals surface area contributed by atoms with E-state index < -0.39 is 0 Å². The molecule has 0 atom stereocenters. The Kier molecular flexibility index (Phi) is 3.50. The molecule has 4 heteroatoms. The minimum atomic E-state index is 0.917. The lowest BCUT2D eigenvalue weighted by Gasteiger charge is -2.17.